The molecule has 1 N–H and O–H groups in total. The Hall–Kier alpha value is -1.30. The van der Waals surface area contributed by atoms with Gasteiger partial charge in [-0.25, -0.2) is 0 Å². The maximum Gasteiger partial charge on any atom is 0.188 e. The predicted molar refractivity (Wildman–Crippen MR) is 139 cm³/mol. The summed E-state index contributed by atoms with van der Waals surface area (Å²) in [5, 5.41) is 11.1. The van der Waals surface area contributed by atoms with Crippen molar-refractivity contribution in [3.05, 3.63) is 23.8 Å². The van der Waals surface area contributed by atoms with E-state index in [-0.39, 0.29) is 18.0 Å². The third kappa shape index (κ3) is 6.53. The highest BCUT2D eigenvalue weighted by atomic mass is 16.7. The fourth-order valence-corrected chi connectivity index (χ4v) is 6.47. The van der Waals surface area contributed by atoms with Crippen LogP contribution >= 0.6 is 0 Å². The molecule has 5 heteroatoms. The van der Waals surface area contributed by atoms with E-state index in [0.717, 1.165) is 12.8 Å². The first-order valence-corrected chi connectivity index (χ1v) is 14.1. The number of benzene rings is 1. The summed E-state index contributed by atoms with van der Waals surface area (Å²) in [6, 6.07) is 5.66. The van der Waals surface area contributed by atoms with Crippen molar-refractivity contribution in [1.29, 1.82) is 0 Å². The molecule has 0 bridgehead atoms. The number of para-hydroxylation sites is 1. The van der Waals surface area contributed by atoms with Gasteiger partial charge >= 0.3 is 0 Å². The Morgan fingerprint density at radius 3 is 2.20 bits per heavy atom. The van der Waals surface area contributed by atoms with Gasteiger partial charge in [-0.05, 0) is 73.3 Å². The lowest BCUT2D eigenvalue weighted by Crippen LogP contribution is -2.36. The molecular weight excluding hydrogens is 440 g/mol. The molecule has 0 aromatic heterocycles. The van der Waals surface area contributed by atoms with Gasteiger partial charge in [0.2, 0.25) is 0 Å². The van der Waals surface area contributed by atoms with Crippen molar-refractivity contribution in [1.82, 2.24) is 0 Å². The largest absolute Gasteiger partial charge is 0.504 e. The van der Waals surface area contributed by atoms with Crippen molar-refractivity contribution in [2.24, 2.45) is 35.5 Å². The zero-order chi connectivity index (χ0) is 25.1. The minimum atomic E-state index is -0.593. The minimum Gasteiger partial charge on any atom is -0.504 e. The molecule has 1 aliphatic heterocycles. The van der Waals surface area contributed by atoms with E-state index in [1.807, 2.05) is 18.2 Å². The molecule has 1 aromatic carbocycles. The highest BCUT2D eigenvalue weighted by Gasteiger charge is 2.36. The Balaban J connectivity index is 1.36. The van der Waals surface area contributed by atoms with E-state index >= 15 is 0 Å². The Labute approximate surface area is 212 Å². The minimum absolute atomic E-state index is 0.123. The van der Waals surface area contributed by atoms with E-state index < -0.39 is 6.29 Å². The average Bonchev–Trinajstić information content (AvgIpc) is 3.27. The average molecular weight is 489 g/mol. The van der Waals surface area contributed by atoms with Crippen LogP contribution in [0.4, 0.5) is 0 Å². The second-order valence-electron chi connectivity index (χ2n) is 12.3. The molecule has 2 aliphatic carbocycles. The topological polar surface area (TPSA) is 57.2 Å². The first-order valence-electron chi connectivity index (χ1n) is 14.1. The van der Waals surface area contributed by atoms with Crippen molar-refractivity contribution in [2.45, 2.75) is 105 Å². The van der Waals surface area contributed by atoms with Crippen LogP contribution in [-0.4, -0.2) is 36.6 Å². The molecule has 5 nitrogen and oxygen atoms in total. The fraction of sp³-hybridized carbons (Fsp3) is 0.800. The molecule has 3 fully saturated rings. The Kier molecular flexibility index (Phi) is 9.04. The molecule has 0 spiro atoms. The zero-order valence-electron chi connectivity index (χ0n) is 22.7. The molecule has 1 heterocycles. The third-order valence-electron chi connectivity index (χ3n) is 8.73. The van der Waals surface area contributed by atoms with Crippen LogP contribution in [0, 0.1) is 35.5 Å². The van der Waals surface area contributed by atoms with Gasteiger partial charge in [0.15, 0.2) is 17.8 Å². The fourth-order valence-electron chi connectivity index (χ4n) is 6.47. The molecular formula is C30H48O5. The molecule has 4 rings (SSSR count). The molecule has 8 unspecified atom stereocenters. The molecule has 8 atom stereocenters. The number of phenols is 1. The Bertz CT molecular complexity index is 808. The number of aromatic hydroxyl groups is 1. The van der Waals surface area contributed by atoms with Gasteiger partial charge in [0.05, 0.1) is 24.9 Å². The van der Waals surface area contributed by atoms with Crippen LogP contribution in [0.1, 0.15) is 91.9 Å². The van der Waals surface area contributed by atoms with Gasteiger partial charge in [-0.1, -0.05) is 60.5 Å². The smallest absolute Gasteiger partial charge is 0.188 e. The molecule has 1 saturated heterocycles. The zero-order valence-corrected chi connectivity index (χ0v) is 22.7. The summed E-state index contributed by atoms with van der Waals surface area (Å²) in [5.74, 6) is 4.34. The summed E-state index contributed by atoms with van der Waals surface area (Å²) in [4.78, 5) is 0. The van der Waals surface area contributed by atoms with E-state index in [9.17, 15) is 5.11 Å². The van der Waals surface area contributed by atoms with Gasteiger partial charge in [-0.15, -0.1) is 0 Å². The maximum absolute atomic E-state index is 11.1. The summed E-state index contributed by atoms with van der Waals surface area (Å²) in [7, 11) is 0. The summed E-state index contributed by atoms with van der Waals surface area (Å²) >= 11 is 0. The lowest BCUT2D eigenvalue weighted by Gasteiger charge is -2.37. The van der Waals surface area contributed by atoms with Crippen molar-refractivity contribution in [3.8, 4) is 11.5 Å². The quantitative estimate of drug-likeness (QED) is 0.422. The van der Waals surface area contributed by atoms with Crippen LogP contribution < -0.4 is 4.74 Å². The van der Waals surface area contributed by atoms with Gasteiger partial charge in [0.25, 0.3) is 0 Å². The first-order chi connectivity index (χ1) is 16.7. The van der Waals surface area contributed by atoms with E-state index in [4.69, 9.17) is 18.9 Å². The van der Waals surface area contributed by atoms with Crippen LogP contribution in [0.3, 0.4) is 0 Å². The molecule has 0 radical (unpaired) electrons. The van der Waals surface area contributed by atoms with Gasteiger partial charge in [-0.2, -0.15) is 0 Å². The lowest BCUT2D eigenvalue weighted by molar-refractivity contribution is -0.0999. The lowest BCUT2D eigenvalue weighted by atomic mass is 9.75. The van der Waals surface area contributed by atoms with Crippen molar-refractivity contribution >= 4 is 0 Å². The Morgan fingerprint density at radius 1 is 0.914 bits per heavy atom. The van der Waals surface area contributed by atoms with E-state index in [1.165, 1.54) is 25.7 Å². The third-order valence-corrected chi connectivity index (χ3v) is 8.73. The molecule has 3 aliphatic rings. The van der Waals surface area contributed by atoms with Crippen LogP contribution in [0.2, 0.25) is 0 Å². The highest BCUT2D eigenvalue weighted by Crippen LogP contribution is 2.42. The van der Waals surface area contributed by atoms with E-state index in [2.05, 4.69) is 41.5 Å². The second-order valence-corrected chi connectivity index (χ2v) is 12.3. The summed E-state index contributed by atoms with van der Waals surface area (Å²) in [6.45, 7) is 14.8. The summed E-state index contributed by atoms with van der Waals surface area (Å²) < 4.78 is 25.0. The summed E-state index contributed by atoms with van der Waals surface area (Å²) in [6.07, 6.45) is 6.81. The van der Waals surface area contributed by atoms with Crippen LogP contribution in [-0.2, 0) is 14.2 Å². The van der Waals surface area contributed by atoms with Gasteiger partial charge in [0, 0.05) is 0 Å². The number of hydrogen-bond acceptors (Lipinski definition) is 5. The predicted octanol–water partition coefficient (Wildman–Crippen LogP) is 7.12. The van der Waals surface area contributed by atoms with Gasteiger partial charge in [-0.3, -0.25) is 0 Å². The number of ether oxygens (including phenoxy) is 4. The van der Waals surface area contributed by atoms with E-state index in [0.29, 0.717) is 66.1 Å². The number of phenolic OH excluding ortho intramolecular Hbond substituents is 1. The highest BCUT2D eigenvalue weighted by molar-refractivity contribution is 5.46. The molecule has 1 aromatic rings. The van der Waals surface area contributed by atoms with Crippen molar-refractivity contribution in [2.75, 3.05) is 13.2 Å². The van der Waals surface area contributed by atoms with Crippen molar-refractivity contribution < 1.29 is 24.1 Å². The Morgan fingerprint density at radius 2 is 1.54 bits per heavy atom. The normalized spacial score (nSPS) is 36.1. The molecule has 35 heavy (non-hydrogen) atoms. The first kappa shape index (κ1) is 26.8. The number of rotatable bonds is 8. The van der Waals surface area contributed by atoms with Crippen molar-refractivity contribution in [3.63, 3.8) is 0 Å². The standard InChI is InChI=1S/C30H48O5/c1-18(2)23-12-10-20(5)14-27(23)32-16-22-17-33-30(34-22)25-8-7-9-26(29(25)31)35-28-15-21(6)11-13-24(28)19(3)4/h7-9,18-24,27-28,30-31H,10-17H2,1-6H3. The van der Waals surface area contributed by atoms with Gasteiger partial charge in [0.1, 0.15) is 12.2 Å². The van der Waals surface area contributed by atoms with Crippen LogP contribution in [0.25, 0.3) is 0 Å². The summed E-state index contributed by atoms with van der Waals surface area (Å²) in [5.41, 5.74) is 0.640. The van der Waals surface area contributed by atoms with Crippen LogP contribution in [0.5, 0.6) is 11.5 Å². The molecule has 2 saturated carbocycles. The maximum atomic E-state index is 11.1. The van der Waals surface area contributed by atoms with Gasteiger partial charge < -0.3 is 24.1 Å². The SMILES string of the molecule is CC1CCC(C(C)C)C(OCC2COC(c3cccc(OC4CC(C)CCC4C(C)C)c3O)O2)C1. The second kappa shape index (κ2) is 11.8. The molecule has 0 amide bonds. The molecule has 198 valence electrons. The van der Waals surface area contributed by atoms with Crippen LogP contribution in [0.15, 0.2) is 18.2 Å². The number of hydrogen-bond donors (Lipinski definition) is 1. The monoisotopic (exact) mass is 488 g/mol. The van der Waals surface area contributed by atoms with E-state index in [1.54, 1.807) is 0 Å².